The molecule has 3 aromatic heterocycles. The number of hydrogen-bond donors (Lipinski definition) is 0. The fourth-order valence-corrected chi connectivity index (χ4v) is 6.92. The van der Waals surface area contributed by atoms with Crippen LogP contribution in [0.4, 0.5) is 0 Å². The van der Waals surface area contributed by atoms with Gasteiger partial charge in [0, 0.05) is 38.9 Å². The molecule has 1 aliphatic rings. The molecule has 0 aliphatic heterocycles. The molecule has 44 heavy (non-hydrogen) atoms. The monoisotopic (exact) mass is 566 g/mol. The average molecular weight is 567 g/mol. The number of hydrogen-bond acceptors (Lipinski definition) is 5. The Labute approximate surface area is 253 Å². The lowest BCUT2D eigenvalue weighted by molar-refractivity contribution is 0.664. The molecule has 9 rings (SSSR count). The minimum absolute atomic E-state index is 0.294. The van der Waals surface area contributed by atoms with Crippen LogP contribution in [0.3, 0.4) is 0 Å². The van der Waals surface area contributed by atoms with E-state index < -0.39 is 0 Å². The van der Waals surface area contributed by atoms with Crippen molar-refractivity contribution in [2.75, 3.05) is 0 Å². The maximum absolute atomic E-state index is 5.16. The molecule has 0 saturated heterocycles. The highest BCUT2D eigenvalue weighted by Gasteiger charge is 2.39. The van der Waals surface area contributed by atoms with Gasteiger partial charge in [0.15, 0.2) is 11.6 Å². The minimum Gasteiger partial charge on any atom is -0.277 e. The Morgan fingerprint density at radius 3 is 2.05 bits per heavy atom. The Bertz CT molecular complexity index is 2350. The third kappa shape index (κ3) is 3.51. The maximum Gasteiger partial charge on any atom is 0.238 e. The van der Waals surface area contributed by atoms with Gasteiger partial charge in [0.25, 0.3) is 0 Å². The summed E-state index contributed by atoms with van der Waals surface area (Å²) in [5, 5.41) is 3.38. The van der Waals surface area contributed by atoms with Gasteiger partial charge in [-0.2, -0.15) is 9.97 Å². The van der Waals surface area contributed by atoms with Crippen LogP contribution in [0.25, 0.3) is 72.6 Å². The summed E-state index contributed by atoms with van der Waals surface area (Å²) in [4.78, 5) is 24.2. The molecule has 0 fully saturated rings. The second kappa shape index (κ2) is 9.12. The van der Waals surface area contributed by atoms with Gasteiger partial charge >= 0.3 is 0 Å². The standard InChI is InChI=1S/C38H26N6/c1-38(2)30-19-25-21-39-22-40-31(25)20-29(30)27-17-18-28-26-15-9-10-16-32(26)44(34(28)33(27)38)37-42-35(23-11-5-3-6-12-23)41-36(43-37)24-13-7-4-8-14-24/h3-22H,1-2H3. The number of para-hydroxylation sites is 1. The smallest absolute Gasteiger partial charge is 0.238 e. The average Bonchev–Trinajstić information content (AvgIpc) is 3.53. The quantitative estimate of drug-likeness (QED) is 0.214. The SMILES string of the molecule is CC1(C)c2cc3cncnc3cc2-c2ccc3c4ccccc4n(-c4nc(-c5ccccc5)nc(-c5ccccc5)n4)c3c21. The van der Waals surface area contributed by atoms with E-state index in [0.717, 1.165) is 38.4 Å². The van der Waals surface area contributed by atoms with Crippen molar-refractivity contribution in [3.05, 3.63) is 133 Å². The van der Waals surface area contributed by atoms with E-state index in [4.69, 9.17) is 15.0 Å². The van der Waals surface area contributed by atoms with Gasteiger partial charge in [-0.15, -0.1) is 0 Å². The second-order valence-corrected chi connectivity index (χ2v) is 11.9. The Hall–Kier alpha value is -5.75. The molecule has 8 aromatic rings. The third-order valence-electron chi connectivity index (χ3n) is 8.96. The van der Waals surface area contributed by atoms with Crippen LogP contribution >= 0.6 is 0 Å². The highest BCUT2D eigenvalue weighted by Crippen LogP contribution is 2.53. The summed E-state index contributed by atoms with van der Waals surface area (Å²) in [6, 6.07) is 37.8. The van der Waals surface area contributed by atoms with Crippen LogP contribution in [0.1, 0.15) is 25.0 Å². The van der Waals surface area contributed by atoms with E-state index in [-0.39, 0.29) is 5.41 Å². The van der Waals surface area contributed by atoms with Crippen molar-refractivity contribution in [2.24, 2.45) is 0 Å². The summed E-state index contributed by atoms with van der Waals surface area (Å²) < 4.78 is 2.25. The van der Waals surface area contributed by atoms with E-state index >= 15 is 0 Å². The van der Waals surface area contributed by atoms with Gasteiger partial charge in [0.2, 0.25) is 5.95 Å². The van der Waals surface area contributed by atoms with Crippen molar-refractivity contribution in [3.63, 3.8) is 0 Å². The van der Waals surface area contributed by atoms with Crippen molar-refractivity contribution in [3.8, 4) is 39.9 Å². The molecule has 0 amide bonds. The first kappa shape index (κ1) is 24.8. The van der Waals surface area contributed by atoms with Crippen LogP contribution in [-0.4, -0.2) is 29.5 Å². The van der Waals surface area contributed by atoms with Gasteiger partial charge in [-0.25, -0.2) is 15.0 Å². The lowest BCUT2D eigenvalue weighted by atomic mass is 9.81. The number of rotatable bonds is 3. The van der Waals surface area contributed by atoms with E-state index in [9.17, 15) is 0 Å². The van der Waals surface area contributed by atoms with Crippen LogP contribution in [-0.2, 0) is 5.41 Å². The molecule has 0 spiro atoms. The Kier molecular flexibility index (Phi) is 5.14. The lowest BCUT2D eigenvalue weighted by Crippen LogP contribution is -2.17. The van der Waals surface area contributed by atoms with Crippen molar-refractivity contribution in [1.29, 1.82) is 0 Å². The van der Waals surface area contributed by atoms with Crippen molar-refractivity contribution in [2.45, 2.75) is 19.3 Å². The van der Waals surface area contributed by atoms with Crippen LogP contribution < -0.4 is 0 Å². The molecule has 0 atom stereocenters. The molecule has 1 aliphatic carbocycles. The molecule has 0 radical (unpaired) electrons. The van der Waals surface area contributed by atoms with E-state index in [2.05, 4.69) is 76.9 Å². The Morgan fingerprint density at radius 1 is 0.636 bits per heavy atom. The van der Waals surface area contributed by atoms with Crippen LogP contribution in [0, 0.1) is 0 Å². The van der Waals surface area contributed by atoms with Gasteiger partial charge in [-0.3, -0.25) is 4.57 Å². The van der Waals surface area contributed by atoms with Crippen molar-refractivity contribution >= 4 is 32.7 Å². The molecule has 0 N–H and O–H groups in total. The first-order valence-corrected chi connectivity index (χ1v) is 14.8. The second-order valence-electron chi connectivity index (χ2n) is 11.9. The van der Waals surface area contributed by atoms with E-state index in [1.54, 1.807) is 6.33 Å². The molecule has 0 bridgehead atoms. The molecular formula is C38H26N6. The van der Waals surface area contributed by atoms with Gasteiger partial charge in [-0.1, -0.05) is 105 Å². The highest BCUT2D eigenvalue weighted by molar-refractivity contribution is 6.13. The Balaban J connectivity index is 1.40. The van der Waals surface area contributed by atoms with Gasteiger partial charge in [0.05, 0.1) is 16.6 Å². The molecule has 0 saturated carbocycles. The summed E-state index contributed by atoms with van der Waals surface area (Å²) in [6.45, 7) is 4.62. The number of fused-ring (bicyclic) bond motifs is 8. The molecule has 208 valence electrons. The first-order valence-electron chi connectivity index (χ1n) is 14.8. The fraction of sp³-hybridized carbons (Fsp3) is 0.0789. The van der Waals surface area contributed by atoms with Gasteiger partial charge < -0.3 is 0 Å². The third-order valence-corrected chi connectivity index (χ3v) is 8.96. The summed E-state index contributed by atoms with van der Waals surface area (Å²) in [7, 11) is 0. The minimum atomic E-state index is -0.294. The first-order chi connectivity index (χ1) is 21.6. The van der Waals surface area contributed by atoms with Crippen LogP contribution in [0.2, 0.25) is 0 Å². The zero-order valence-corrected chi connectivity index (χ0v) is 24.2. The number of aromatic nitrogens is 6. The molecule has 0 unspecified atom stereocenters. The molecular weight excluding hydrogens is 540 g/mol. The summed E-state index contributed by atoms with van der Waals surface area (Å²) in [5.74, 6) is 1.88. The van der Waals surface area contributed by atoms with Crippen LogP contribution in [0.5, 0.6) is 0 Å². The highest BCUT2D eigenvalue weighted by atomic mass is 15.2. The van der Waals surface area contributed by atoms with E-state index in [1.165, 1.54) is 27.6 Å². The van der Waals surface area contributed by atoms with Crippen molar-refractivity contribution in [1.82, 2.24) is 29.5 Å². The molecule has 6 heteroatoms. The topological polar surface area (TPSA) is 69.4 Å². The number of benzene rings is 5. The van der Waals surface area contributed by atoms with Crippen LogP contribution in [0.15, 0.2) is 122 Å². The largest absolute Gasteiger partial charge is 0.277 e. The zero-order chi connectivity index (χ0) is 29.4. The summed E-state index contributed by atoms with van der Waals surface area (Å²) >= 11 is 0. The molecule has 3 heterocycles. The summed E-state index contributed by atoms with van der Waals surface area (Å²) in [5.41, 5.74) is 9.66. The maximum atomic E-state index is 5.16. The Morgan fingerprint density at radius 2 is 1.32 bits per heavy atom. The predicted octanol–water partition coefficient (Wildman–Crippen LogP) is 8.55. The fourth-order valence-electron chi connectivity index (χ4n) is 6.92. The number of nitrogens with zero attached hydrogens (tertiary/aromatic N) is 6. The van der Waals surface area contributed by atoms with Gasteiger partial charge in [-0.05, 0) is 40.5 Å². The predicted molar refractivity (Wildman–Crippen MR) is 176 cm³/mol. The van der Waals surface area contributed by atoms with Crippen molar-refractivity contribution < 1.29 is 0 Å². The lowest BCUT2D eigenvalue weighted by Gasteiger charge is -2.23. The molecule has 5 aromatic carbocycles. The van der Waals surface area contributed by atoms with E-state index in [1.807, 2.05) is 66.9 Å². The zero-order valence-electron chi connectivity index (χ0n) is 24.2. The van der Waals surface area contributed by atoms with E-state index in [0.29, 0.717) is 17.6 Å². The van der Waals surface area contributed by atoms with Gasteiger partial charge in [0.1, 0.15) is 6.33 Å². The molecule has 6 nitrogen and oxygen atoms in total. The normalized spacial score (nSPS) is 13.4. The summed E-state index contributed by atoms with van der Waals surface area (Å²) in [6.07, 6.45) is 3.52.